The van der Waals surface area contributed by atoms with Gasteiger partial charge in [-0.15, -0.1) is 0 Å². The number of rotatable bonds is 3. The van der Waals surface area contributed by atoms with Gasteiger partial charge in [0.2, 0.25) is 6.29 Å². The summed E-state index contributed by atoms with van der Waals surface area (Å²) in [5.41, 5.74) is -1.46. The smallest absolute Gasteiger partial charge is 0.311 e. The van der Waals surface area contributed by atoms with E-state index < -0.39 is 42.0 Å². The Balaban J connectivity index is 1.66. The summed E-state index contributed by atoms with van der Waals surface area (Å²) in [6.07, 6.45) is 1.38. The van der Waals surface area contributed by atoms with Crippen LogP contribution >= 0.6 is 0 Å². The quantitative estimate of drug-likeness (QED) is 0.656. The third-order valence-electron chi connectivity index (χ3n) is 9.66. The number of hydrogen-bond donors (Lipinski definition) is 2. The van der Waals surface area contributed by atoms with Crippen molar-refractivity contribution in [1.29, 1.82) is 0 Å². The predicted octanol–water partition coefficient (Wildman–Crippen LogP) is 2.77. The minimum atomic E-state index is -1.26. The van der Waals surface area contributed by atoms with E-state index in [0.29, 0.717) is 19.3 Å². The van der Waals surface area contributed by atoms with Crippen LogP contribution in [0.25, 0.3) is 0 Å². The molecule has 5 aliphatic rings. The fourth-order valence-corrected chi connectivity index (χ4v) is 8.82. The van der Waals surface area contributed by atoms with Gasteiger partial charge in [0.1, 0.15) is 12.2 Å². The Bertz CT molecular complexity index is 780. The highest BCUT2D eigenvalue weighted by Gasteiger charge is 2.79. The number of ether oxygens (including phenoxy) is 3. The van der Waals surface area contributed by atoms with Crippen molar-refractivity contribution in [3.8, 4) is 0 Å². The molecule has 5 fully saturated rings. The molecule has 1 unspecified atom stereocenters. The lowest BCUT2D eigenvalue weighted by molar-refractivity contribution is -0.308. The topological polar surface area (TPSA) is 102 Å². The minimum Gasteiger partial charge on any atom is -0.459 e. The Morgan fingerprint density at radius 2 is 1.94 bits per heavy atom. The van der Waals surface area contributed by atoms with Crippen molar-refractivity contribution in [3.05, 3.63) is 0 Å². The van der Waals surface area contributed by atoms with Crippen LogP contribution in [0.3, 0.4) is 0 Å². The first-order chi connectivity index (χ1) is 14.6. The van der Waals surface area contributed by atoms with Gasteiger partial charge in [0.15, 0.2) is 6.29 Å². The molecule has 0 bridgehead atoms. The molecule has 0 aromatic rings. The fourth-order valence-electron chi connectivity index (χ4n) is 8.82. The van der Waals surface area contributed by atoms with E-state index in [0.717, 1.165) is 25.7 Å². The van der Waals surface area contributed by atoms with E-state index in [4.69, 9.17) is 14.2 Å². The molecule has 2 saturated heterocycles. The second-order valence-corrected chi connectivity index (χ2v) is 11.5. The summed E-state index contributed by atoms with van der Waals surface area (Å²) in [5.74, 6) is -1.52. The molecule has 7 nitrogen and oxygen atoms in total. The summed E-state index contributed by atoms with van der Waals surface area (Å²) in [4.78, 5) is 25.2. The lowest BCUT2D eigenvalue weighted by Gasteiger charge is -2.68. The van der Waals surface area contributed by atoms with Gasteiger partial charge in [0.25, 0.3) is 0 Å². The summed E-state index contributed by atoms with van der Waals surface area (Å²) in [6.45, 7) is 8.58. The SMILES string of the molecule is CCCC(=O)O[C@H]1[C@@H](O)[C@@]23C(CC[C@H]4C(=O)O[C@@H](O[C@H]2O)[C@H]43)[C@@]2(C)CCCC(C)(C)[C@@H]12. The van der Waals surface area contributed by atoms with Gasteiger partial charge in [-0.1, -0.05) is 34.1 Å². The molecule has 174 valence electrons. The van der Waals surface area contributed by atoms with Crippen LogP contribution in [0.1, 0.15) is 72.6 Å². The molecule has 31 heavy (non-hydrogen) atoms. The van der Waals surface area contributed by atoms with Gasteiger partial charge in [-0.25, -0.2) is 0 Å². The molecular formula is C24H36O7. The van der Waals surface area contributed by atoms with Crippen LogP contribution in [0.2, 0.25) is 0 Å². The number of esters is 2. The van der Waals surface area contributed by atoms with Gasteiger partial charge in [-0.2, -0.15) is 0 Å². The van der Waals surface area contributed by atoms with E-state index in [1.807, 2.05) is 6.92 Å². The first-order valence-electron chi connectivity index (χ1n) is 12.0. The molecule has 3 saturated carbocycles. The van der Waals surface area contributed by atoms with Crippen molar-refractivity contribution >= 4 is 11.9 Å². The molecule has 0 amide bonds. The van der Waals surface area contributed by atoms with Gasteiger partial charge in [0, 0.05) is 18.3 Å². The molecule has 2 N–H and O–H groups in total. The highest BCUT2D eigenvalue weighted by Crippen LogP contribution is 2.73. The lowest BCUT2D eigenvalue weighted by atomic mass is 9.37. The Morgan fingerprint density at radius 1 is 1.19 bits per heavy atom. The van der Waals surface area contributed by atoms with Crippen molar-refractivity contribution in [1.82, 2.24) is 0 Å². The van der Waals surface area contributed by atoms with E-state index in [1.54, 1.807) is 0 Å². The molecule has 2 heterocycles. The summed E-state index contributed by atoms with van der Waals surface area (Å²) < 4.78 is 17.3. The molecule has 3 aliphatic carbocycles. The van der Waals surface area contributed by atoms with Crippen LogP contribution in [0.4, 0.5) is 0 Å². The van der Waals surface area contributed by atoms with Gasteiger partial charge in [-0.3, -0.25) is 9.59 Å². The first-order valence-corrected chi connectivity index (χ1v) is 12.0. The zero-order chi connectivity index (χ0) is 22.3. The van der Waals surface area contributed by atoms with E-state index in [1.165, 1.54) is 0 Å². The fraction of sp³-hybridized carbons (Fsp3) is 0.917. The van der Waals surface area contributed by atoms with Crippen LogP contribution in [-0.2, 0) is 23.8 Å². The van der Waals surface area contributed by atoms with Crippen LogP contribution in [0.15, 0.2) is 0 Å². The number of aliphatic hydroxyl groups is 2. The van der Waals surface area contributed by atoms with E-state index in [-0.39, 0.29) is 34.6 Å². The maximum Gasteiger partial charge on any atom is 0.311 e. The Labute approximate surface area is 183 Å². The summed E-state index contributed by atoms with van der Waals surface area (Å²) >= 11 is 0. The highest BCUT2D eigenvalue weighted by molar-refractivity contribution is 5.76. The maximum atomic E-state index is 12.7. The minimum absolute atomic E-state index is 0.0407. The zero-order valence-electron chi connectivity index (χ0n) is 19.0. The van der Waals surface area contributed by atoms with Gasteiger partial charge < -0.3 is 24.4 Å². The number of hydrogen-bond acceptors (Lipinski definition) is 7. The molecular weight excluding hydrogens is 400 g/mol. The van der Waals surface area contributed by atoms with Crippen LogP contribution in [0, 0.1) is 39.9 Å². The second-order valence-electron chi connectivity index (χ2n) is 11.5. The third-order valence-corrected chi connectivity index (χ3v) is 9.66. The molecule has 0 aromatic carbocycles. The maximum absolute atomic E-state index is 12.7. The Kier molecular flexibility index (Phi) is 4.83. The second kappa shape index (κ2) is 6.91. The van der Waals surface area contributed by atoms with Crippen LogP contribution < -0.4 is 0 Å². The molecule has 10 atom stereocenters. The summed E-state index contributed by atoms with van der Waals surface area (Å²) in [5, 5.41) is 23.2. The van der Waals surface area contributed by atoms with Crippen molar-refractivity contribution in [3.63, 3.8) is 0 Å². The molecule has 0 radical (unpaired) electrons. The van der Waals surface area contributed by atoms with Crippen molar-refractivity contribution in [2.75, 3.05) is 0 Å². The number of aliphatic hydroxyl groups excluding tert-OH is 2. The molecule has 7 heteroatoms. The van der Waals surface area contributed by atoms with Crippen LogP contribution in [-0.4, -0.2) is 46.9 Å². The van der Waals surface area contributed by atoms with Crippen molar-refractivity contribution < 1.29 is 34.0 Å². The largest absolute Gasteiger partial charge is 0.459 e. The molecule has 1 spiro atoms. The lowest BCUT2D eigenvalue weighted by Crippen LogP contribution is -2.73. The number of carbonyl (C=O) groups is 2. The van der Waals surface area contributed by atoms with Gasteiger partial charge in [0.05, 0.1) is 11.3 Å². The van der Waals surface area contributed by atoms with E-state index >= 15 is 0 Å². The zero-order valence-corrected chi connectivity index (χ0v) is 19.0. The molecule has 2 aliphatic heterocycles. The Morgan fingerprint density at radius 3 is 2.65 bits per heavy atom. The third kappa shape index (κ3) is 2.63. The van der Waals surface area contributed by atoms with Gasteiger partial charge in [-0.05, 0) is 48.9 Å². The number of fused-ring (bicyclic) bond motifs is 2. The first kappa shape index (κ1) is 21.7. The summed E-state index contributed by atoms with van der Waals surface area (Å²) in [6, 6.07) is 0. The standard InChI is InChI=1S/C24H36O7/c1-5-7-14(25)29-16-17-22(2,3)10-6-11-23(17,4)13-9-8-12-15-20(30-19(12)27)31-21(28)24(13,15)18(16)26/h12-13,15-18,20-21,26,28H,5-11H2,1-4H3/t12-,13?,15+,16-,17-,18-,20+,21-,23-,24+/m1/s1. The monoisotopic (exact) mass is 436 g/mol. The highest BCUT2D eigenvalue weighted by atomic mass is 16.8. The van der Waals surface area contributed by atoms with E-state index in [9.17, 15) is 19.8 Å². The molecule has 5 rings (SSSR count). The Hall–Kier alpha value is -1.18. The molecule has 0 aromatic heterocycles. The summed E-state index contributed by atoms with van der Waals surface area (Å²) in [7, 11) is 0. The average molecular weight is 437 g/mol. The van der Waals surface area contributed by atoms with Crippen LogP contribution in [0.5, 0.6) is 0 Å². The van der Waals surface area contributed by atoms with Gasteiger partial charge >= 0.3 is 11.9 Å². The van der Waals surface area contributed by atoms with Crippen molar-refractivity contribution in [2.24, 2.45) is 39.9 Å². The number of carbonyl (C=O) groups excluding carboxylic acids is 2. The van der Waals surface area contributed by atoms with E-state index in [2.05, 4.69) is 20.8 Å². The van der Waals surface area contributed by atoms with Crippen molar-refractivity contribution in [2.45, 2.75) is 97.4 Å². The average Bonchev–Trinajstić information content (AvgIpc) is 3.15. The normalized spacial score (nSPS) is 52.0. The predicted molar refractivity (Wildman–Crippen MR) is 109 cm³/mol.